The zero-order valence-electron chi connectivity index (χ0n) is 14.6. The van der Waals surface area contributed by atoms with Gasteiger partial charge in [0, 0.05) is 0 Å². The quantitative estimate of drug-likeness (QED) is 0.271. The molecule has 0 saturated carbocycles. The number of unbranched alkanes of at least 4 members (excludes halogenated alkanes) is 3. The Morgan fingerprint density at radius 2 is 1.17 bits per heavy atom. The lowest BCUT2D eigenvalue weighted by molar-refractivity contribution is 0.667. The van der Waals surface area contributed by atoms with Gasteiger partial charge in [0.25, 0.3) is 0 Å². The van der Waals surface area contributed by atoms with E-state index in [1.54, 1.807) is 0 Å². The molecule has 0 saturated heterocycles. The van der Waals surface area contributed by atoms with Crippen molar-refractivity contribution in [2.24, 2.45) is 10.2 Å². The van der Waals surface area contributed by atoms with Gasteiger partial charge in [-0.15, -0.1) is 0 Å². The van der Waals surface area contributed by atoms with Crippen molar-refractivity contribution in [2.45, 2.75) is 51.9 Å². The van der Waals surface area contributed by atoms with Gasteiger partial charge in [-0.3, -0.25) is 0 Å². The topological polar surface area (TPSA) is 24.7 Å². The van der Waals surface area contributed by atoms with Gasteiger partial charge < -0.3 is 0 Å². The second-order valence-electron chi connectivity index (χ2n) is 6.17. The van der Waals surface area contributed by atoms with E-state index < -0.39 is 0 Å². The summed E-state index contributed by atoms with van der Waals surface area (Å²) in [7, 11) is 0. The van der Waals surface area contributed by atoms with E-state index in [4.69, 9.17) is 0 Å². The maximum atomic E-state index is 4.33. The molecule has 0 spiro atoms. The third-order valence-corrected chi connectivity index (χ3v) is 4.41. The average Bonchev–Trinajstić information content (AvgIpc) is 2.64. The Labute approximate surface area is 151 Å². The van der Waals surface area contributed by atoms with Crippen molar-refractivity contribution < 1.29 is 0 Å². The summed E-state index contributed by atoms with van der Waals surface area (Å²) in [5.41, 5.74) is 4.52. The highest BCUT2D eigenvalue weighted by Crippen LogP contribution is 2.20. The Kier molecular flexibility index (Phi) is 8.61. The van der Waals surface area contributed by atoms with Crippen LogP contribution in [0.3, 0.4) is 0 Å². The fourth-order valence-electron chi connectivity index (χ4n) is 2.61. The Hall–Kier alpha value is -1.61. The number of nitrogens with zero attached hydrogens (tertiary/aromatic N) is 2. The molecule has 128 valence electrons. The van der Waals surface area contributed by atoms with Gasteiger partial charge in [0.05, 0.1) is 11.4 Å². The maximum absolute atomic E-state index is 4.33. The SMILES string of the molecule is CCCCCCc1ccc(N=Nc2ccc(CCCS)cc2)cc1. The zero-order chi connectivity index (χ0) is 17.0. The van der Waals surface area contributed by atoms with Gasteiger partial charge in [-0.05, 0) is 66.8 Å². The molecule has 0 unspecified atom stereocenters. The Balaban J connectivity index is 1.85. The minimum Gasteiger partial charge on any atom is -0.179 e. The van der Waals surface area contributed by atoms with E-state index in [0.29, 0.717) is 0 Å². The standard InChI is InChI=1S/C21H28N2S/c1-2-3-4-5-7-18-9-13-20(14-10-18)22-23-21-15-11-19(12-16-21)8-6-17-24/h9-16,24H,2-8,17H2,1H3. The van der Waals surface area contributed by atoms with Gasteiger partial charge in [0.2, 0.25) is 0 Å². The molecule has 0 aliphatic heterocycles. The number of rotatable bonds is 10. The van der Waals surface area contributed by atoms with E-state index in [1.165, 1.54) is 36.8 Å². The van der Waals surface area contributed by atoms with Crippen LogP contribution in [0.2, 0.25) is 0 Å². The van der Waals surface area contributed by atoms with Crippen molar-refractivity contribution >= 4 is 24.0 Å². The lowest BCUT2D eigenvalue weighted by atomic mass is 10.1. The van der Waals surface area contributed by atoms with Crippen LogP contribution in [0.15, 0.2) is 58.8 Å². The third kappa shape index (κ3) is 6.88. The number of benzene rings is 2. The Morgan fingerprint density at radius 3 is 1.62 bits per heavy atom. The first-order valence-corrected chi connectivity index (χ1v) is 9.65. The summed E-state index contributed by atoms with van der Waals surface area (Å²) in [5, 5.41) is 8.66. The van der Waals surface area contributed by atoms with Crippen molar-refractivity contribution in [1.29, 1.82) is 0 Å². The predicted molar refractivity (Wildman–Crippen MR) is 107 cm³/mol. The van der Waals surface area contributed by atoms with Gasteiger partial charge in [-0.2, -0.15) is 22.9 Å². The van der Waals surface area contributed by atoms with E-state index in [9.17, 15) is 0 Å². The van der Waals surface area contributed by atoms with Crippen LogP contribution in [-0.4, -0.2) is 5.75 Å². The predicted octanol–water partition coefficient (Wildman–Crippen LogP) is 7.09. The summed E-state index contributed by atoms with van der Waals surface area (Å²) in [5.74, 6) is 0.927. The van der Waals surface area contributed by atoms with E-state index >= 15 is 0 Å². The van der Waals surface area contributed by atoms with Gasteiger partial charge in [-0.25, -0.2) is 0 Å². The second kappa shape index (κ2) is 11.0. The molecule has 0 fully saturated rings. The van der Waals surface area contributed by atoms with Crippen molar-refractivity contribution in [2.75, 3.05) is 5.75 Å². The maximum Gasteiger partial charge on any atom is 0.0857 e. The van der Waals surface area contributed by atoms with E-state index in [2.05, 4.69) is 66.2 Å². The van der Waals surface area contributed by atoms with E-state index in [1.807, 2.05) is 12.1 Å². The Morgan fingerprint density at radius 1 is 0.667 bits per heavy atom. The number of thiol groups is 1. The average molecular weight is 341 g/mol. The summed E-state index contributed by atoms with van der Waals surface area (Å²) in [6, 6.07) is 16.7. The lowest BCUT2D eigenvalue weighted by Crippen LogP contribution is -1.85. The molecular formula is C21H28N2S. The summed E-state index contributed by atoms with van der Waals surface area (Å²) in [6.07, 6.45) is 8.55. The molecule has 3 heteroatoms. The summed E-state index contributed by atoms with van der Waals surface area (Å²) in [4.78, 5) is 0. The highest BCUT2D eigenvalue weighted by molar-refractivity contribution is 7.80. The van der Waals surface area contributed by atoms with Crippen molar-refractivity contribution in [3.63, 3.8) is 0 Å². The van der Waals surface area contributed by atoms with Crippen LogP contribution in [0, 0.1) is 0 Å². The molecule has 2 aromatic carbocycles. The molecular weight excluding hydrogens is 312 g/mol. The largest absolute Gasteiger partial charge is 0.179 e. The first-order valence-electron chi connectivity index (χ1n) is 9.02. The monoisotopic (exact) mass is 340 g/mol. The molecule has 0 aliphatic carbocycles. The van der Waals surface area contributed by atoms with Crippen LogP contribution in [0.4, 0.5) is 11.4 Å². The number of hydrogen-bond acceptors (Lipinski definition) is 3. The van der Waals surface area contributed by atoms with Gasteiger partial charge in [0.15, 0.2) is 0 Å². The highest BCUT2D eigenvalue weighted by atomic mass is 32.1. The minimum absolute atomic E-state index is 0.897. The van der Waals surface area contributed by atoms with Crippen LogP contribution in [0.5, 0.6) is 0 Å². The third-order valence-electron chi connectivity index (χ3n) is 4.10. The number of aryl methyl sites for hydroxylation is 2. The second-order valence-corrected chi connectivity index (χ2v) is 6.62. The molecule has 0 aromatic heterocycles. The summed E-state index contributed by atoms with van der Waals surface area (Å²) < 4.78 is 0. The number of azo groups is 1. The highest BCUT2D eigenvalue weighted by Gasteiger charge is 1.96. The summed E-state index contributed by atoms with van der Waals surface area (Å²) >= 11 is 4.25. The van der Waals surface area contributed by atoms with Crippen LogP contribution in [0.1, 0.15) is 50.2 Å². The lowest BCUT2D eigenvalue weighted by Gasteiger charge is -2.02. The van der Waals surface area contributed by atoms with Crippen molar-refractivity contribution in [3.8, 4) is 0 Å². The first kappa shape index (κ1) is 18.7. The fourth-order valence-corrected chi connectivity index (χ4v) is 2.77. The Bertz CT molecular complexity index is 603. The molecule has 0 aliphatic rings. The van der Waals surface area contributed by atoms with Crippen LogP contribution < -0.4 is 0 Å². The molecule has 0 atom stereocenters. The van der Waals surface area contributed by atoms with Gasteiger partial charge >= 0.3 is 0 Å². The molecule has 2 nitrogen and oxygen atoms in total. The molecule has 0 amide bonds. The molecule has 0 heterocycles. The normalized spacial score (nSPS) is 11.2. The fraction of sp³-hybridized carbons (Fsp3) is 0.429. The smallest absolute Gasteiger partial charge is 0.0857 e. The van der Waals surface area contributed by atoms with E-state index in [0.717, 1.165) is 36.4 Å². The first-order chi connectivity index (χ1) is 11.8. The number of hydrogen-bond donors (Lipinski definition) is 1. The molecule has 0 N–H and O–H groups in total. The van der Waals surface area contributed by atoms with Gasteiger partial charge in [0.1, 0.15) is 0 Å². The zero-order valence-corrected chi connectivity index (χ0v) is 15.5. The van der Waals surface area contributed by atoms with Crippen LogP contribution in [0.25, 0.3) is 0 Å². The minimum atomic E-state index is 0.897. The van der Waals surface area contributed by atoms with Gasteiger partial charge in [-0.1, -0.05) is 50.5 Å². The van der Waals surface area contributed by atoms with E-state index in [-0.39, 0.29) is 0 Å². The van der Waals surface area contributed by atoms with Crippen molar-refractivity contribution in [3.05, 3.63) is 59.7 Å². The van der Waals surface area contributed by atoms with Crippen molar-refractivity contribution in [1.82, 2.24) is 0 Å². The molecule has 24 heavy (non-hydrogen) atoms. The molecule has 0 bridgehead atoms. The van der Waals surface area contributed by atoms with Crippen LogP contribution in [-0.2, 0) is 12.8 Å². The van der Waals surface area contributed by atoms with Crippen LogP contribution >= 0.6 is 12.6 Å². The molecule has 2 rings (SSSR count). The molecule has 0 radical (unpaired) electrons. The summed E-state index contributed by atoms with van der Waals surface area (Å²) in [6.45, 7) is 2.25. The molecule has 2 aromatic rings.